The molecule has 1 saturated heterocycles. The average Bonchev–Trinajstić information content (AvgIpc) is 2.59. The topological polar surface area (TPSA) is 57.4 Å². The summed E-state index contributed by atoms with van der Waals surface area (Å²) in [5.41, 5.74) is 0. The molecule has 88 valence electrons. The highest BCUT2D eigenvalue weighted by Gasteiger charge is 2.35. The molecular weight excluding hydrogens is 206 g/mol. The molecule has 0 aromatic carbocycles. The first-order valence-corrected chi connectivity index (χ1v) is 5.45. The van der Waals surface area contributed by atoms with Gasteiger partial charge >= 0.3 is 0 Å². The van der Waals surface area contributed by atoms with Crippen LogP contribution in [0.3, 0.4) is 0 Å². The molecule has 0 aliphatic carbocycles. The number of amidine groups is 1. The van der Waals surface area contributed by atoms with Gasteiger partial charge in [-0.3, -0.25) is 4.90 Å². The number of hydrogen-bond donors (Lipinski definition) is 1. The number of ether oxygens (including phenoxy) is 1. The molecular formula is C11H17N3O2. The van der Waals surface area contributed by atoms with Crippen LogP contribution >= 0.6 is 0 Å². The van der Waals surface area contributed by atoms with Gasteiger partial charge in [0.1, 0.15) is 24.2 Å². The second-order valence-electron chi connectivity index (χ2n) is 4.25. The fraction of sp³-hybridized carbons (Fsp3) is 0.636. The summed E-state index contributed by atoms with van der Waals surface area (Å²) in [6.07, 6.45) is 2.34. The van der Waals surface area contributed by atoms with Crippen LogP contribution in [0.4, 0.5) is 0 Å². The monoisotopic (exact) mass is 223 g/mol. The standard InChI is InChI=1S/C11H17N3O2/c1-7-4-11(16-10(7)5-15)14-6-12-8(2)13-9(14)3/h6-7,10-11,15H,3-5H2,1-2H3/t7-,10-,11-/m1/s1. The SMILES string of the molecule is C=C1N=C(C)N=CN1[C@H]1C[C@@H](C)[C@@H](CO)O1. The highest BCUT2D eigenvalue weighted by molar-refractivity contribution is 5.90. The van der Waals surface area contributed by atoms with Crippen LogP contribution < -0.4 is 0 Å². The fourth-order valence-electron chi connectivity index (χ4n) is 1.99. The number of hydrogen-bond acceptors (Lipinski definition) is 5. The molecule has 0 bridgehead atoms. The Morgan fingerprint density at radius 2 is 2.44 bits per heavy atom. The molecule has 1 N–H and O–H groups in total. The zero-order valence-electron chi connectivity index (χ0n) is 9.63. The number of aliphatic hydroxyl groups excluding tert-OH is 1. The summed E-state index contributed by atoms with van der Waals surface area (Å²) in [6, 6.07) is 0. The van der Waals surface area contributed by atoms with Gasteiger partial charge in [0.2, 0.25) is 0 Å². The highest BCUT2D eigenvalue weighted by Crippen LogP contribution is 2.29. The van der Waals surface area contributed by atoms with Crippen molar-refractivity contribution in [3.8, 4) is 0 Å². The van der Waals surface area contributed by atoms with Gasteiger partial charge in [0.15, 0.2) is 0 Å². The maximum absolute atomic E-state index is 9.13. The Bertz CT molecular complexity index is 351. The zero-order chi connectivity index (χ0) is 11.7. The number of aliphatic imine (C=N–C) groups is 2. The minimum atomic E-state index is -0.111. The molecule has 0 saturated carbocycles. The Balaban J connectivity index is 2.06. The van der Waals surface area contributed by atoms with Gasteiger partial charge in [-0.2, -0.15) is 0 Å². The van der Waals surface area contributed by atoms with Crippen LogP contribution in [0.25, 0.3) is 0 Å². The lowest BCUT2D eigenvalue weighted by Crippen LogP contribution is -2.35. The molecule has 0 amide bonds. The van der Waals surface area contributed by atoms with Crippen molar-refractivity contribution >= 4 is 12.2 Å². The van der Waals surface area contributed by atoms with Crippen molar-refractivity contribution in [1.82, 2.24) is 4.90 Å². The molecule has 3 atom stereocenters. The average molecular weight is 223 g/mol. The normalized spacial score (nSPS) is 34.4. The minimum Gasteiger partial charge on any atom is -0.394 e. The van der Waals surface area contributed by atoms with E-state index in [0.717, 1.165) is 6.42 Å². The van der Waals surface area contributed by atoms with E-state index in [1.54, 1.807) is 6.34 Å². The molecule has 16 heavy (non-hydrogen) atoms. The number of nitrogens with zero attached hydrogens (tertiary/aromatic N) is 3. The molecule has 0 radical (unpaired) electrons. The van der Waals surface area contributed by atoms with Crippen molar-refractivity contribution in [3.05, 3.63) is 12.4 Å². The van der Waals surface area contributed by atoms with Crippen molar-refractivity contribution in [3.63, 3.8) is 0 Å². The summed E-state index contributed by atoms with van der Waals surface area (Å²) in [5.74, 6) is 1.68. The van der Waals surface area contributed by atoms with Gasteiger partial charge in [0.25, 0.3) is 0 Å². The number of rotatable bonds is 2. The van der Waals surface area contributed by atoms with E-state index in [1.165, 1.54) is 0 Å². The zero-order valence-corrected chi connectivity index (χ0v) is 9.63. The summed E-state index contributed by atoms with van der Waals surface area (Å²) in [5, 5.41) is 9.13. The third-order valence-corrected chi connectivity index (χ3v) is 2.99. The first-order valence-electron chi connectivity index (χ1n) is 5.45. The van der Waals surface area contributed by atoms with E-state index in [-0.39, 0.29) is 18.9 Å². The van der Waals surface area contributed by atoms with Crippen LogP contribution in [0, 0.1) is 5.92 Å². The van der Waals surface area contributed by atoms with Gasteiger partial charge < -0.3 is 9.84 Å². The minimum absolute atomic E-state index is 0.0530. The maximum atomic E-state index is 9.13. The first-order chi connectivity index (χ1) is 7.61. The van der Waals surface area contributed by atoms with Crippen molar-refractivity contribution in [2.75, 3.05) is 6.61 Å². The van der Waals surface area contributed by atoms with E-state index in [4.69, 9.17) is 9.84 Å². The lowest BCUT2D eigenvalue weighted by atomic mass is 10.0. The largest absolute Gasteiger partial charge is 0.394 e. The van der Waals surface area contributed by atoms with Crippen molar-refractivity contribution < 1.29 is 9.84 Å². The van der Waals surface area contributed by atoms with Crippen molar-refractivity contribution in [2.45, 2.75) is 32.6 Å². The quantitative estimate of drug-likeness (QED) is 0.758. The van der Waals surface area contributed by atoms with E-state index in [0.29, 0.717) is 17.6 Å². The van der Waals surface area contributed by atoms with E-state index >= 15 is 0 Å². The van der Waals surface area contributed by atoms with Crippen molar-refractivity contribution in [1.29, 1.82) is 0 Å². The van der Waals surface area contributed by atoms with Crippen LogP contribution in [0.2, 0.25) is 0 Å². The molecule has 0 aromatic heterocycles. The molecule has 5 nitrogen and oxygen atoms in total. The van der Waals surface area contributed by atoms with Crippen molar-refractivity contribution in [2.24, 2.45) is 15.9 Å². The maximum Gasteiger partial charge on any atom is 0.137 e. The first kappa shape index (κ1) is 11.3. The summed E-state index contributed by atoms with van der Waals surface area (Å²) < 4.78 is 5.72. The molecule has 2 aliphatic heterocycles. The van der Waals surface area contributed by atoms with E-state index in [2.05, 4.69) is 23.5 Å². The van der Waals surface area contributed by atoms with Gasteiger partial charge in [-0.15, -0.1) is 0 Å². The Morgan fingerprint density at radius 1 is 1.69 bits per heavy atom. The third-order valence-electron chi connectivity index (χ3n) is 2.99. The van der Waals surface area contributed by atoms with E-state index in [1.807, 2.05) is 11.8 Å². The van der Waals surface area contributed by atoms with Crippen LogP contribution in [0.1, 0.15) is 20.3 Å². The van der Waals surface area contributed by atoms with Gasteiger partial charge in [0, 0.05) is 0 Å². The molecule has 5 heteroatoms. The van der Waals surface area contributed by atoms with Crippen LogP contribution in [-0.4, -0.2) is 41.1 Å². The molecule has 0 aromatic rings. The Morgan fingerprint density at radius 3 is 3.00 bits per heavy atom. The highest BCUT2D eigenvalue weighted by atomic mass is 16.5. The predicted molar refractivity (Wildman–Crippen MR) is 62.1 cm³/mol. The van der Waals surface area contributed by atoms with Gasteiger partial charge in [-0.1, -0.05) is 13.5 Å². The molecule has 0 spiro atoms. The summed E-state index contributed by atoms with van der Waals surface area (Å²) >= 11 is 0. The second-order valence-corrected chi connectivity index (χ2v) is 4.25. The van der Waals surface area contributed by atoms with E-state index in [9.17, 15) is 0 Å². The molecule has 2 heterocycles. The second kappa shape index (κ2) is 4.35. The lowest BCUT2D eigenvalue weighted by Gasteiger charge is -2.27. The smallest absolute Gasteiger partial charge is 0.137 e. The van der Waals surface area contributed by atoms with Crippen LogP contribution in [0.5, 0.6) is 0 Å². The summed E-state index contributed by atoms with van der Waals surface area (Å²) in [6.45, 7) is 7.82. The van der Waals surface area contributed by atoms with Gasteiger partial charge in [-0.25, -0.2) is 9.98 Å². The third kappa shape index (κ3) is 2.01. The van der Waals surface area contributed by atoms with E-state index < -0.39 is 0 Å². The molecule has 0 unspecified atom stereocenters. The lowest BCUT2D eigenvalue weighted by molar-refractivity contribution is -0.0372. The molecule has 2 rings (SSSR count). The Labute approximate surface area is 95.1 Å². The van der Waals surface area contributed by atoms with Crippen LogP contribution in [-0.2, 0) is 4.74 Å². The summed E-state index contributed by atoms with van der Waals surface area (Å²) in [7, 11) is 0. The fourth-order valence-corrected chi connectivity index (χ4v) is 1.99. The van der Waals surface area contributed by atoms with Gasteiger partial charge in [0.05, 0.1) is 12.7 Å². The Hall–Kier alpha value is -1.20. The predicted octanol–water partition coefficient (Wildman–Crippen LogP) is 0.963. The molecule has 1 fully saturated rings. The van der Waals surface area contributed by atoms with Crippen LogP contribution in [0.15, 0.2) is 22.4 Å². The Kier molecular flexibility index (Phi) is 3.07. The van der Waals surface area contributed by atoms with Gasteiger partial charge in [-0.05, 0) is 19.3 Å². The number of aliphatic hydroxyl groups is 1. The molecule has 2 aliphatic rings. The summed E-state index contributed by atoms with van der Waals surface area (Å²) in [4.78, 5) is 10.1.